The van der Waals surface area contributed by atoms with Gasteiger partial charge in [0.05, 0.1) is 32.5 Å². The van der Waals surface area contributed by atoms with Crippen LogP contribution in [0.25, 0.3) is 0 Å². The van der Waals surface area contributed by atoms with E-state index in [2.05, 4.69) is 5.32 Å². The van der Waals surface area contributed by atoms with Crippen molar-refractivity contribution in [1.29, 1.82) is 0 Å². The average Bonchev–Trinajstić information content (AvgIpc) is 3.05. The minimum absolute atomic E-state index is 0.793. The van der Waals surface area contributed by atoms with Gasteiger partial charge in [-0.3, -0.25) is 4.79 Å². The van der Waals surface area contributed by atoms with Crippen LogP contribution < -0.4 is 5.32 Å². The van der Waals surface area contributed by atoms with Crippen molar-refractivity contribution in [2.24, 2.45) is 0 Å². The molecule has 276 valence electrons. The summed E-state index contributed by atoms with van der Waals surface area (Å²) in [6.07, 6.45) is -32.0. The third kappa shape index (κ3) is 9.09. The Hall–Kier alpha value is -1.29. The van der Waals surface area contributed by atoms with Crippen LogP contribution in [0.1, 0.15) is 13.8 Å². The minimum atomic E-state index is -2.07. The van der Waals surface area contributed by atoms with Gasteiger partial charge in [-0.2, -0.15) is 0 Å². The fraction of sp³-hybridized carbons (Fsp3) is 0.962. The molecule has 0 aliphatic carbocycles. The monoisotopic (exact) mass is 693 g/mol. The lowest BCUT2D eigenvalue weighted by molar-refractivity contribution is -0.378. The number of hydrogen-bond donors (Lipinski definition) is 14. The number of aliphatic hydroxyl groups is 13. The summed E-state index contributed by atoms with van der Waals surface area (Å²) in [6, 6.07) is -1.66. The van der Waals surface area contributed by atoms with E-state index < -0.39 is 149 Å². The van der Waals surface area contributed by atoms with Gasteiger partial charge in [0.15, 0.2) is 18.9 Å². The largest absolute Gasteiger partial charge is 0.394 e. The van der Waals surface area contributed by atoms with Gasteiger partial charge in [0.25, 0.3) is 0 Å². The van der Waals surface area contributed by atoms with Crippen molar-refractivity contribution in [3.8, 4) is 0 Å². The van der Waals surface area contributed by atoms with Gasteiger partial charge in [0.2, 0.25) is 5.91 Å². The van der Waals surface area contributed by atoms with Crippen molar-refractivity contribution < 1.29 is 99.6 Å². The molecular weight excluding hydrogens is 646 g/mol. The maximum Gasteiger partial charge on any atom is 0.217 e. The van der Waals surface area contributed by atoms with E-state index in [1.54, 1.807) is 0 Å². The van der Waals surface area contributed by atoms with Crippen LogP contribution in [-0.4, -0.2) is 215 Å². The quantitative estimate of drug-likeness (QED) is 0.0803. The lowest BCUT2D eigenvalue weighted by Crippen LogP contribution is -2.70. The molecule has 21 nitrogen and oxygen atoms in total. The van der Waals surface area contributed by atoms with Gasteiger partial charge in [0, 0.05) is 6.92 Å². The van der Waals surface area contributed by atoms with E-state index in [0.717, 1.165) is 6.92 Å². The molecule has 0 aromatic rings. The zero-order valence-electron chi connectivity index (χ0n) is 25.5. The summed E-state index contributed by atoms with van der Waals surface area (Å²) < 4.78 is 34.3. The van der Waals surface area contributed by atoms with Gasteiger partial charge in [-0.25, -0.2) is 0 Å². The van der Waals surface area contributed by atoms with Crippen LogP contribution in [0.2, 0.25) is 0 Å². The molecule has 0 aromatic heterocycles. The molecule has 3 aliphatic rings. The molecule has 1 amide bonds. The average molecular weight is 694 g/mol. The van der Waals surface area contributed by atoms with E-state index in [0.29, 0.717) is 0 Å². The number of aliphatic hydroxyl groups excluding tert-OH is 13. The second-order valence-electron chi connectivity index (χ2n) is 11.6. The molecule has 47 heavy (non-hydrogen) atoms. The molecule has 3 aliphatic heterocycles. The van der Waals surface area contributed by atoms with Gasteiger partial charge >= 0.3 is 0 Å². The normalized spacial score (nSPS) is 43.9. The van der Waals surface area contributed by atoms with Crippen molar-refractivity contribution >= 4 is 5.91 Å². The Balaban J connectivity index is 2.08. The fourth-order valence-corrected chi connectivity index (χ4v) is 5.48. The van der Waals surface area contributed by atoms with E-state index in [1.165, 1.54) is 6.92 Å². The Morgan fingerprint density at radius 1 is 0.681 bits per heavy atom. The molecule has 3 heterocycles. The molecule has 14 N–H and O–H groups in total. The van der Waals surface area contributed by atoms with E-state index in [1.807, 2.05) is 0 Å². The molecule has 3 rings (SSSR count). The first kappa shape index (κ1) is 40.1. The summed E-state index contributed by atoms with van der Waals surface area (Å²) in [6.45, 7) is -1.47. The SMILES string of the molecule is CC(=O)N[C@H]1[C@H](O[C@@H]([C@H](O)[C@@H](O)CO)[C@H](O)CO)O[C@H](CO)[C@@H](O[C@@H]2O[C@H](CO)[C@H](O)[C@H](O)[C@H]2O)[C@@H]1O[C@@H]1O[C@@H](C)[C@@H](O)[C@@H](O)[C@@H]1O. The lowest BCUT2D eigenvalue weighted by Gasteiger charge is -2.50. The van der Waals surface area contributed by atoms with Crippen LogP contribution >= 0.6 is 0 Å². The molecule has 0 radical (unpaired) electrons. The predicted octanol–water partition coefficient (Wildman–Crippen LogP) is -8.94. The molecule has 0 bridgehead atoms. The number of rotatable bonds is 14. The fourth-order valence-electron chi connectivity index (χ4n) is 5.48. The lowest BCUT2D eigenvalue weighted by atomic mass is 9.94. The van der Waals surface area contributed by atoms with Crippen LogP contribution in [0.5, 0.6) is 0 Å². The van der Waals surface area contributed by atoms with Crippen molar-refractivity contribution in [3.63, 3.8) is 0 Å². The summed E-state index contributed by atoms with van der Waals surface area (Å²) in [5.41, 5.74) is 0. The molecule has 0 spiro atoms. The smallest absolute Gasteiger partial charge is 0.217 e. The maximum atomic E-state index is 12.4. The van der Waals surface area contributed by atoms with E-state index >= 15 is 0 Å². The van der Waals surface area contributed by atoms with Crippen LogP contribution in [0.15, 0.2) is 0 Å². The first-order chi connectivity index (χ1) is 22.1. The third-order valence-electron chi connectivity index (χ3n) is 8.21. The highest BCUT2D eigenvalue weighted by atomic mass is 16.8. The zero-order chi connectivity index (χ0) is 35.3. The second kappa shape index (κ2) is 17.6. The van der Waals surface area contributed by atoms with Crippen molar-refractivity contribution in [2.75, 3.05) is 26.4 Å². The first-order valence-electron chi connectivity index (χ1n) is 14.9. The Morgan fingerprint density at radius 2 is 1.19 bits per heavy atom. The van der Waals surface area contributed by atoms with E-state index in [9.17, 15) is 71.2 Å². The van der Waals surface area contributed by atoms with Crippen molar-refractivity contribution in [3.05, 3.63) is 0 Å². The van der Waals surface area contributed by atoms with Crippen molar-refractivity contribution in [1.82, 2.24) is 5.32 Å². The van der Waals surface area contributed by atoms with Crippen LogP contribution in [0.3, 0.4) is 0 Å². The van der Waals surface area contributed by atoms with Gasteiger partial charge in [-0.05, 0) is 6.92 Å². The predicted molar refractivity (Wildman–Crippen MR) is 146 cm³/mol. The Morgan fingerprint density at radius 3 is 1.72 bits per heavy atom. The zero-order valence-corrected chi connectivity index (χ0v) is 25.5. The summed E-state index contributed by atoms with van der Waals surface area (Å²) >= 11 is 0. The van der Waals surface area contributed by atoms with Gasteiger partial charge in [-0.1, -0.05) is 0 Å². The number of carbonyl (C=O) groups is 1. The third-order valence-corrected chi connectivity index (χ3v) is 8.21. The summed E-state index contributed by atoms with van der Waals surface area (Å²) in [5, 5.41) is 135. The van der Waals surface area contributed by atoms with E-state index in [-0.39, 0.29) is 0 Å². The van der Waals surface area contributed by atoms with Crippen molar-refractivity contribution in [2.45, 2.75) is 130 Å². The first-order valence-corrected chi connectivity index (χ1v) is 14.9. The number of nitrogens with one attached hydrogen (secondary N) is 1. The summed E-state index contributed by atoms with van der Waals surface area (Å²) in [5.74, 6) is -0.793. The molecule has 0 aromatic carbocycles. The van der Waals surface area contributed by atoms with Gasteiger partial charge in [0.1, 0.15) is 91.5 Å². The highest BCUT2D eigenvalue weighted by molar-refractivity contribution is 5.73. The topological polar surface area (TPSA) is 347 Å². The molecule has 3 fully saturated rings. The maximum absolute atomic E-state index is 12.4. The summed E-state index contributed by atoms with van der Waals surface area (Å²) in [7, 11) is 0. The standard InChI is InChI=1S/C26H47NO20/c1-7-14(35)17(38)19(40)25(42-7)47-23-13(27-8(2)32)24(45-21(10(34)4-29)15(36)9(33)3-28)44-12(6-31)22(23)46-26-20(41)18(39)16(37)11(5-30)43-26/h7,9-26,28-31,33-41H,3-6H2,1-2H3,(H,27,32)/t7-,9-,10+,11+,12+,13+,14+,15+,16-,17+,18-,19-,20+,21+,22+,23+,24-,25-,26-/m0/s1. The highest BCUT2D eigenvalue weighted by Crippen LogP contribution is 2.34. The molecule has 0 saturated carbocycles. The molecule has 19 atom stereocenters. The number of ether oxygens (including phenoxy) is 6. The molecule has 21 heteroatoms. The second-order valence-corrected chi connectivity index (χ2v) is 11.6. The molecular formula is C26H47NO20. The molecule has 0 unspecified atom stereocenters. The van der Waals surface area contributed by atoms with Crippen LogP contribution in [-0.2, 0) is 33.2 Å². The van der Waals surface area contributed by atoms with Crippen LogP contribution in [0, 0.1) is 0 Å². The molecule has 3 saturated heterocycles. The van der Waals surface area contributed by atoms with Gasteiger partial charge in [-0.15, -0.1) is 0 Å². The minimum Gasteiger partial charge on any atom is -0.394 e. The Labute approximate surface area is 268 Å². The van der Waals surface area contributed by atoms with Gasteiger partial charge < -0.3 is 100 Å². The number of amides is 1. The number of hydrogen-bond acceptors (Lipinski definition) is 20. The highest BCUT2D eigenvalue weighted by Gasteiger charge is 2.55. The van der Waals surface area contributed by atoms with E-state index in [4.69, 9.17) is 28.4 Å². The Bertz CT molecular complexity index is 965. The number of carbonyl (C=O) groups excluding carboxylic acids is 1. The summed E-state index contributed by atoms with van der Waals surface area (Å²) in [4.78, 5) is 12.4. The van der Waals surface area contributed by atoms with Crippen LogP contribution in [0.4, 0.5) is 0 Å². The Kier molecular flexibility index (Phi) is 15.0.